The predicted molar refractivity (Wildman–Crippen MR) is 225 cm³/mol. The summed E-state index contributed by atoms with van der Waals surface area (Å²) in [5.41, 5.74) is 0. The van der Waals surface area contributed by atoms with E-state index in [2.05, 4.69) is 0 Å². The Morgan fingerprint density at radius 1 is 0.518 bits per heavy atom. The van der Waals surface area contributed by atoms with Gasteiger partial charge in [-0.15, -0.1) is 0 Å². The first-order chi connectivity index (χ1) is 27.2. The molecule has 0 heterocycles. The van der Waals surface area contributed by atoms with E-state index in [9.17, 15) is 9.46 Å². The molecule has 15 unspecified atom stereocenters. The van der Waals surface area contributed by atoms with Crippen LogP contribution in [0.4, 0.5) is 0 Å². The number of hydrogen-bond acceptors (Lipinski definition) is 5. The van der Waals surface area contributed by atoms with E-state index in [0.717, 1.165) is 54.3 Å². The first kappa shape index (κ1) is 42.7. The van der Waals surface area contributed by atoms with Gasteiger partial charge in [0.25, 0.3) is 0 Å². The molecule has 0 aromatic rings. The number of likely N-dealkylation sites (N-methyl/N-ethyl adjacent to an activating group) is 1. The summed E-state index contributed by atoms with van der Waals surface area (Å²) >= 11 is 0. The Labute approximate surface area is 343 Å². The molecule has 56 heavy (non-hydrogen) atoms. The minimum absolute atomic E-state index is 0.00823. The molecule has 0 aliphatic heterocycles. The van der Waals surface area contributed by atoms with Crippen molar-refractivity contribution in [2.45, 2.75) is 160 Å². The number of phosphoric acid groups is 1. The van der Waals surface area contributed by atoms with Gasteiger partial charge in [0.15, 0.2) is 0 Å². The highest BCUT2D eigenvalue weighted by molar-refractivity contribution is 7.47. The molecule has 0 bridgehead atoms. The Bertz CT molecular complexity index is 1260. The molecule has 1 N–H and O–H groups in total. The van der Waals surface area contributed by atoms with Crippen molar-refractivity contribution in [2.75, 3.05) is 60.7 Å². The predicted octanol–water partition coefficient (Wildman–Crippen LogP) is 11.3. The Morgan fingerprint density at radius 2 is 0.946 bits per heavy atom. The lowest BCUT2D eigenvalue weighted by Gasteiger charge is -2.74. The average Bonchev–Trinajstić information content (AvgIpc) is 3.14. The largest absolute Gasteiger partial charge is 0.472 e. The van der Waals surface area contributed by atoms with Crippen molar-refractivity contribution in [3.63, 3.8) is 0 Å². The van der Waals surface area contributed by atoms with Gasteiger partial charge in [-0.3, -0.25) is 9.05 Å². The van der Waals surface area contributed by atoms with Crippen LogP contribution in [0.5, 0.6) is 0 Å². The number of quaternary nitrogens is 1. The van der Waals surface area contributed by atoms with E-state index in [0.29, 0.717) is 30.8 Å². The standard InChI is InChI=1S/C48H84NO6P/c1-49(2,3)26-29-54-56(50,51)55-33-36(53-28-15-11-7-5-9-13-17-35-19-21-42-44(31-35)48-40-25-23-38(40)46(42)48)32-52-27-14-10-6-4-8-12-16-34-18-20-41-43(30-34)47-39-24-22-37(39)45(41)47/h34-48H,4-33H2,1-3H3/p+1/t34?,35?,36-,37?,38?,39?,40?,41?,42?,43?,44?,45?,46?,47?,48?/m1/s1. The number of ether oxygens (including phenoxy) is 2. The van der Waals surface area contributed by atoms with Gasteiger partial charge in [-0.25, -0.2) is 4.57 Å². The van der Waals surface area contributed by atoms with Crippen molar-refractivity contribution in [3.8, 4) is 0 Å². The third-order valence-corrected chi connectivity index (χ3v) is 19.0. The third-order valence-electron chi connectivity index (χ3n) is 18.0. The van der Waals surface area contributed by atoms with Gasteiger partial charge in [0.2, 0.25) is 0 Å². The first-order valence-corrected chi connectivity index (χ1v) is 26.3. The summed E-state index contributed by atoms with van der Waals surface area (Å²) in [7, 11) is 1.96. The zero-order valence-electron chi connectivity index (χ0n) is 36.3. The SMILES string of the molecule is C[N+](C)(C)CCOP(=O)(O)OC[C@@H](COCCCCCCCCC1CCC2C(C1)C1C3CCC3C21)OCCCCCCCCC1CCC2C(C1)C1C3CCC3C21. The smallest absolute Gasteiger partial charge is 0.379 e. The van der Waals surface area contributed by atoms with Crippen molar-refractivity contribution < 1.29 is 32.5 Å². The van der Waals surface area contributed by atoms with Gasteiger partial charge in [-0.05, 0) is 147 Å². The van der Waals surface area contributed by atoms with Gasteiger partial charge in [0.1, 0.15) is 19.3 Å². The molecule has 8 rings (SSSR count). The molecule has 0 amide bonds. The van der Waals surface area contributed by atoms with E-state index in [1.807, 2.05) is 21.1 Å². The molecule has 8 heteroatoms. The normalized spacial score (nSPS) is 40.2. The summed E-state index contributed by atoms with van der Waals surface area (Å²) in [6, 6.07) is 0. The zero-order chi connectivity index (χ0) is 38.7. The lowest BCUT2D eigenvalue weighted by Crippen LogP contribution is -2.69. The lowest BCUT2D eigenvalue weighted by atomic mass is 9.30. The molecule has 0 radical (unpaired) electrons. The Kier molecular flexibility index (Phi) is 14.8. The molecule has 322 valence electrons. The Morgan fingerprint density at radius 3 is 1.45 bits per heavy atom. The fourth-order valence-electron chi connectivity index (χ4n) is 14.8. The average molecular weight is 803 g/mol. The number of rotatable bonds is 28. The number of unbranched alkanes of at least 4 members (excludes halogenated alkanes) is 10. The van der Waals surface area contributed by atoms with Crippen LogP contribution in [0.15, 0.2) is 0 Å². The molecule has 0 aromatic carbocycles. The van der Waals surface area contributed by atoms with Crippen LogP contribution in [-0.4, -0.2) is 76.2 Å². The van der Waals surface area contributed by atoms with Crippen molar-refractivity contribution in [1.82, 2.24) is 0 Å². The second-order valence-electron chi connectivity index (χ2n) is 22.1. The van der Waals surface area contributed by atoms with E-state index >= 15 is 0 Å². The highest BCUT2D eigenvalue weighted by Crippen LogP contribution is 2.75. The maximum atomic E-state index is 12.6. The zero-order valence-corrected chi connectivity index (χ0v) is 37.2. The number of hydrogen-bond donors (Lipinski definition) is 1. The van der Waals surface area contributed by atoms with Crippen LogP contribution >= 0.6 is 7.82 Å². The van der Waals surface area contributed by atoms with Gasteiger partial charge in [0, 0.05) is 13.2 Å². The fourth-order valence-corrected chi connectivity index (χ4v) is 15.6. The summed E-state index contributed by atoms with van der Waals surface area (Å²) in [4.78, 5) is 10.3. The molecule has 16 atom stereocenters. The third kappa shape index (κ3) is 10.0. The maximum Gasteiger partial charge on any atom is 0.472 e. The molecule has 7 nitrogen and oxygen atoms in total. The molecule has 0 saturated heterocycles. The molecule has 0 spiro atoms. The molecule has 8 aliphatic carbocycles. The van der Waals surface area contributed by atoms with Crippen LogP contribution in [0.3, 0.4) is 0 Å². The minimum atomic E-state index is -4.14. The van der Waals surface area contributed by atoms with Crippen molar-refractivity contribution in [2.24, 2.45) is 82.9 Å². The second-order valence-corrected chi connectivity index (χ2v) is 23.6. The van der Waals surface area contributed by atoms with Crippen LogP contribution < -0.4 is 0 Å². The summed E-state index contributed by atoms with van der Waals surface area (Å²) in [6.45, 7) is 2.53. The van der Waals surface area contributed by atoms with Crippen LogP contribution in [0, 0.1) is 82.9 Å². The Balaban J connectivity index is 0.636. The molecule has 8 aliphatic rings. The molecule has 8 saturated carbocycles. The van der Waals surface area contributed by atoms with Crippen LogP contribution in [-0.2, 0) is 23.1 Å². The Hall–Kier alpha value is -0.0100. The maximum absolute atomic E-state index is 12.6. The summed E-state index contributed by atoms with van der Waals surface area (Å²) < 4.78 is 36.2. The van der Waals surface area contributed by atoms with Crippen molar-refractivity contribution >= 4 is 7.82 Å². The molecular weight excluding hydrogens is 718 g/mol. The van der Waals surface area contributed by atoms with E-state index < -0.39 is 7.82 Å². The van der Waals surface area contributed by atoms with E-state index in [1.165, 1.54) is 131 Å². The topological polar surface area (TPSA) is 74.2 Å². The van der Waals surface area contributed by atoms with Crippen molar-refractivity contribution in [1.29, 1.82) is 0 Å². The number of phosphoric ester groups is 1. The second kappa shape index (κ2) is 19.4. The number of fused-ring (bicyclic) bond motifs is 14. The molecular formula is C48H85NO6P+. The van der Waals surface area contributed by atoms with Crippen LogP contribution in [0.25, 0.3) is 0 Å². The summed E-state index contributed by atoms with van der Waals surface area (Å²) in [5.74, 6) is 16.0. The minimum Gasteiger partial charge on any atom is -0.379 e. The van der Waals surface area contributed by atoms with Gasteiger partial charge < -0.3 is 18.9 Å². The van der Waals surface area contributed by atoms with Crippen LogP contribution in [0.1, 0.15) is 154 Å². The van der Waals surface area contributed by atoms with Gasteiger partial charge >= 0.3 is 7.82 Å². The quantitative estimate of drug-likeness (QED) is 0.0482. The van der Waals surface area contributed by atoms with Crippen LogP contribution in [0.2, 0.25) is 0 Å². The van der Waals surface area contributed by atoms with Gasteiger partial charge in [-0.1, -0.05) is 89.9 Å². The summed E-state index contributed by atoms with van der Waals surface area (Å²) in [6.07, 6.45) is 33.4. The van der Waals surface area contributed by atoms with E-state index in [-0.39, 0.29) is 19.3 Å². The lowest BCUT2D eigenvalue weighted by molar-refractivity contribution is -0.870. The molecule has 0 aromatic heterocycles. The van der Waals surface area contributed by atoms with E-state index in [4.69, 9.17) is 18.5 Å². The highest BCUT2D eigenvalue weighted by atomic mass is 31.2. The van der Waals surface area contributed by atoms with E-state index in [1.54, 1.807) is 51.4 Å². The first-order valence-electron chi connectivity index (χ1n) is 24.8. The monoisotopic (exact) mass is 803 g/mol. The fraction of sp³-hybridized carbons (Fsp3) is 1.00. The van der Waals surface area contributed by atoms with Gasteiger partial charge in [-0.2, -0.15) is 0 Å². The summed E-state index contributed by atoms with van der Waals surface area (Å²) in [5, 5.41) is 0. The number of nitrogens with zero attached hydrogens (tertiary/aromatic N) is 1. The highest BCUT2D eigenvalue weighted by Gasteiger charge is 2.69. The van der Waals surface area contributed by atoms with Crippen molar-refractivity contribution in [3.05, 3.63) is 0 Å². The van der Waals surface area contributed by atoms with Gasteiger partial charge in [0.05, 0.1) is 34.4 Å². The molecule has 8 fully saturated rings.